The van der Waals surface area contributed by atoms with Gasteiger partial charge in [0.05, 0.1) is 13.2 Å². The fourth-order valence-corrected chi connectivity index (χ4v) is 1.73. The number of hydrogen-bond donors (Lipinski definition) is 2. The van der Waals surface area contributed by atoms with Gasteiger partial charge in [0.1, 0.15) is 11.2 Å². The first-order valence-electron chi connectivity index (χ1n) is 9.74. The lowest BCUT2D eigenvalue weighted by molar-refractivity contribution is -0.140. The van der Waals surface area contributed by atoms with Crippen LogP contribution in [0.15, 0.2) is 12.2 Å². The second kappa shape index (κ2) is 13.4. The van der Waals surface area contributed by atoms with Crippen LogP contribution in [0.2, 0.25) is 0 Å². The van der Waals surface area contributed by atoms with Gasteiger partial charge in [-0.3, -0.25) is 0 Å². The zero-order valence-corrected chi connectivity index (χ0v) is 18.7. The molecule has 10 heteroatoms. The molecule has 0 heterocycles. The first kappa shape index (κ1) is 27.2. The van der Waals surface area contributed by atoms with E-state index >= 15 is 0 Å². The molecule has 0 unspecified atom stereocenters. The van der Waals surface area contributed by atoms with Crippen molar-refractivity contribution in [3.63, 3.8) is 0 Å². The van der Waals surface area contributed by atoms with E-state index in [2.05, 4.69) is 10.6 Å². The summed E-state index contributed by atoms with van der Waals surface area (Å²) < 4.78 is 19.9. The summed E-state index contributed by atoms with van der Waals surface area (Å²) in [7, 11) is 0. The number of alkyl carbamates (subject to hydrolysis) is 2. The van der Waals surface area contributed by atoms with Gasteiger partial charge in [-0.05, 0) is 54.4 Å². The maximum absolute atomic E-state index is 11.5. The Morgan fingerprint density at radius 3 is 1.30 bits per heavy atom. The Labute approximate surface area is 177 Å². The van der Waals surface area contributed by atoms with Crippen molar-refractivity contribution in [1.82, 2.24) is 10.6 Å². The van der Waals surface area contributed by atoms with E-state index < -0.39 is 35.3 Å². The summed E-state index contributed by atoms with van der Waals surface area (Å²) in [4.78, 5) is 45.9. The normalized spacial score (nSPS) is 11.5. The van der Waals surface area contributed by atoms with Crippen LogP contribution in [0.5, 0.6) is 0 Å². The summed E-state index contributed by atoms with van der Waals surface area (Å²) in [6.07, 6.45) is 1.63. The second-order valence-electron chi connectivity index (χ2n) is 8.23. The molecule has 0 atom stereocenters. The highest BCUT2D eigenvalue weighted by atomic mass is 16.6. The third kappa shape index (κ3) is 18.6. The van der Waals surface area contributed by atoms with Gasteiger partial charge in [0.15, 0.2) is 0 Å². The molecular formula is C20H34N2O8. The second-order valence-corrected chi connectivity index (χ2v) is 8.23. The number of rotatable bonds is 10. The van der Waals surface area contributed by atoms with Crippen LogP contribution >= 0.6 is 0 Å². The molecule has 0 aromatic heterocycles. The van der Waals surface area contributed by atoms with Crippen molar-refractivity contribution in [2.24, 2.45) is 0 Å². The molecule has 0 saturated carbocycles. The summed E-state index contributed by atoms with van der Waals surface area (Å²) in [6.45, 7) is 11.3. The molecular weight excluding hydrogens is 396 g/mol. The van der Waals surface area contributed by atoms with Crippen LogP contribution in [0.25, 0.3) is 0 Å². The lowest BCUT2D eigenvalue weighted by Crippen LogP contribution is -2.33. The largest absolute Gasteiger partial charge is 0.462 e. The molecule has 0 aliphatic carbocycles. The molecule has 0 saturated heterocycles. The third-order valence-electron chi connectivity index (χ3n) is 2.82. The summed E-state index contributed by atoms with van der Waals surface area (Å²) >= 11 is 0. The maximum Gasteiger partial charge on any atom is 0.407 e. The van der Waals surface area contributed by atoms with Gasteiger partial charge in [-0.2, -0.15) is 0 Å². The van der Waals surface area contributed by atoms with Gasteiger partial charge in [-0.15, -0.1) is 0 Å². The molecule has 0 fully saturated rings. The van der Waals surface area contributed by atoms with Crippen molar-refractivity contribution in [2.75, 3.05) is 26.3 Å². The first-order chi connectivity index (χ1) is 13.8. The first-order valence-corrected chi connectivity index (χ1v) is 9.74. The van der Waals surface area contributed by atoms with Crippen LogP contribution in [-0.4, -0.2) is 61.6 Å². The van der Waals surface area contributed by atoms with Gasteiger partial charge in [0.25, 0.3) is 0 Å². The smallest absolute Gasteiger partial charge is 0.407 e. The van der Waals surface area contributed by atoms with E-state index in [1.165, 1.54) is 0 Å². The highest BCUT2D eigenvalue weighted by Gasteiger charge is 2.16. The van der Waals surface area contributed by atoms with Crippen LogP contribution in [0.3, 0.4) is 0 Å². The Hall–Kier alpha value is -2.78. The number of hydrogen-bond acceptors (Lipinski definition) is 8. The zero-order valence-electron chi connectivity index (χ0n) is 18.7. The molecule has 0 spiro atoms. The van der Waals surface area contributed by atoms with E-state index in [0.717, 1.165) is 12.2 Å². The van der Waals surface area contributed by atoms with E-state index in [9.17, 15) is 19.2 Å². The summed E-state index contributed by atoms with van der Waals surface area (Å²) in [6, 6.07) is 0. The van der Waals surface area contributed by atoms with Crippen molar-refractivity contribution in [2.45, 2.75) is 65.6 Å². The third-order valence-corrected chi connectivity index (χ3v) is 2.82. The Morgan fingerprint density at radius 1 is 0.667 bits per heavy atom. The Balaban J connectivity index is 3.78. The van der Waals surface area contributed by atoms with E-state index in [1.807, 2.05) is 0 Å². The molecule has 0 aromatic rings. The van der Waals surface area contributed by atoms with Crippen LogP contribution in [-0.2, 0) is 28.5 Å². The van der Waals surface area contributed by atoms with Crippen molar-refractivity contribution in [3.8, 4) is 0 Å². The summed E-state index contributed by atoms with van der Waals surface area (Å²) in [5.41, 5.74) is -1.16. The van der Waals surface area contributed by atoms with E-state index in [-0.39, 0.29) is 26.3 Å². The minimum Gasteiger partial charge on any atom is -0.462 e. The van der Waals surface area contributed by atoms with Crippen LogP contribution in [0.1, 0.15) is 54.4 Å². The van der Waals surface area contributed by atoms with Crippen molar-refractivity contribution < 1.29 is 38.1 Å². The molecule has 30 heavy (non-hydrogen) atoms. The number of nitrogens with one attached hydrogen (secondary N) is 2. The summed E-state index contributed by atoms with van der Waals surface area (Å²) in [5.74, 6) is -1.40. The lowest BCUT2D eigenvalue weighted by atomic mass is 10.2. The molecule has 0 radical (unpaired) electrons. The summed E-state index contributed by atoms with van der Waals surface area (Å²) in [5, 5.41) is 5.07. The molecule has 2 N–H and O–H groups in total. The molecule has 0 aliphatic rings. The molecule has 172 valence electrons. The molecule has 0 aromatic carbocycles. The minimum absolute atomic E-state index is 0.0738. The average Bonchev–Trinajstić information content (AvgIpc) is 2.56. The van der Waals surface area contributed by atoms with Crippen LogP contribution in [0.4, 0.5) is 9.59 Å². The standard InChI is InChI=1S/C20H34N2O8/c1-19(2,3)29-17(25)21-11-7-13-27-15(23)9-10-16(24)28-14-8-12-22-18(26)30-20(4,5)6/h9-10H,7-8,11-14H2,1-6H3,(H,21,25)(H,22,26)/b10-9+. The number of carbonyl (C=O) groups excluding carboxylic acids is 4. The average molecular weight is 430 g/mol. The molecule has 0 aliphatic heterocycles. The highest BCUT2D eigenvalue weighted by Crippen LogP contribution is 2.07. The van der Waals surface area contributed by atoms with E-state index in [4.69, 9.17) is 18.9 Å². The quantitative estimate of drug-likeness (QED) is 0.234. The van der Waals surface area contributed by atoms with Crippen LogP contribution in [0, 0.1) is 0 Å². The highest BCUT2D eigenvalue weighted by molar-refractivity contribution is 5.91. The van der Waals surface area contributed by atoms with Crippen molar-refractivity contribution in [1.29, 1.82) is 0 Å². The molecule has 0 rings (SSSR count). The Kier molecular flexibility index (Phi) is 12.2. The monoisotopic (exact) mass is 430 g/mol. The molecule has 10 nitrogen and oxygen atoms in total. The topological polar surface area (TPSA) is 129 Å². The number of esters is 2. The zero-order chi connectivity index (χ0) is 23.2. The minimum atomic E-state index is -0.698. The molecule has 2 amide bonds. The van der Waals surface area contributed by atoms with E-state index in [1.54, 1.807) is 41.5 Å². The van der Waals surface area contributed by atoms with Gasteiger partial charge in [0.2, 0.25) is 0 Å². The Morgan fingerprint density at radius 2 is 1.00 bits per heavy atom. The van der Waals surface area contributed by atoms with E-state index in [0.29, 0.717) is 12.8 Å². The SMILES string of the molecule is CC(C)(C)OC(=O)NCCCOC(=O)/C=C/C(=O)OCCCNC(=O)OC(C)(C)C. The van der Waals surface area contributed by atoms with Gasteiger partial charge in [-0.25, -0.2) is 19.2 Å². The van der Waals surface area contributed by atoms with Gasteiger partial charge in [0, 0.05) is 25.2 Å². The predicted octanol–water partition coefficient (Wildman–Crippen LogP) is 2.46. The van der Waals surface area contributed by atoms with Gasteiger partial charge in [-0.1, -0.05) is 0 Å². The molecule has 0 bridgehead atoms. The fraction of sp³-hybridized carbons (Fsp3) is 0.700. The van der Waals surface area contributed by atoms with Crippen molar-refractivity contribution >= 4 is 24.1 Å². The predicted molar refractivity (Wildman–Crippen MR) is 109 cm³/mol. The number of amides is 2. The lowest BCUT2D eigenvalue weighted by Gasteiger charge is -2.19. The maximum atomic E-state index is 11.5. The van der Waals surface area contributed by atoms with Crippen LogP contribution < -0.4 is 10.6 Å². The Bertz CT molecular complexity index is 551. The fourth-order valence-electron chi connectivity index (χ4n) is 1.73. The van der Waals surface area contributed by atoms with Crippen molar-refractivity contribution in [3.05, 3.63) is 12.2 Å². The van der Waals surface area contributed by atoms with Gasteiger partial charge >= 0.3 is 24.1 Å². The number of carbonyl (C=O) groups is 4. The van der Waals surface area contributed by atoms with Gasteiger partial charge < -0.3 is 29.6 Å². The number of ether oxygens (including phenoxy) is 4.